The van der Waals surface area contributed by atoms with Crippen LogP contribution in [0.25, 0.3) is 0 Å². The first-order chi connectivity index (χ1) is 11.1. The number of benzene rings is 1. The molecule has 0 aromatic heterocycles. The molecule has 0 N–H and O–H groups in total. The van der Waals surface area contributed by atoms with Crippen molar-refractivity contribution in [1.29, 1.82) is 0 Å². The van der Waals surface area contributed by atoms with Gasteiger partial charge in [0, 0.05) is 24.6 Å². The first kappa shape index (κ1) is 18.3. The first-order valence-electron chi connectivity index (χ1n) is 8.35. The van der Waals surface area contributed by atoms with E-state index in [1.54, 1.807) is 18.5 Å². The van der Waals surface area contributed by atoms with Crippen LogP contribution in [0.15, 0.2) is 30.3 Å². The number of rotatable bonds is 8. The molecule has 5 nitrogen and oxygen atoms in total. The zero-order chi connectivity index (χ0) is 16.7. The lowest BCUT2D eigenvalue weighted by Crippen LogP contribution is -2.39. The third-order valence-electron chi connectivity index (χ3n) is 4.01. The Morgan fingerprint density at radius 1 is 1.17 bits per heavy atom. The predicted molar refractivity (Wildman–Crippen MR) is 90.6 cm³/mol. The quantitative estimate of drug-likeness (QED) is 0.522. The molecule has 1 saturated heterocycles. The van der Waals surface area contributed by atoms with E-state index in [1.165, 1.54) is 0 Å². The van der Waals surface area contributed by atoms with Gasteiger partial charge in [-0.1, -0.05) is 36.8 Å². The van der Waals surface area contributed by atoms with Crippen molar-refractivity contribution in [1.82, 2.24) is 4.67 Å². The predicted octanol–water partition coefficient (Wildman–Crippen LogP) is 4.30. The number of carbonyl (C=O) groups is 1. The summed E-state index contributed by atoms with van der Waals surface area (Å²) in [5, 5.41) is 0. The summed E-state index contributed by atoms with van der Waals surface area (Å²) in [5.74, 6) is 0.0713. The van der Waals surface area contributed by atoms with E-state index < -0.39 is 7.75 Å². The second-order valence-corrected chi connectivity index (χ2v) is 7.58. The molecule has 0 bridgehead atoms. The molecule has 0 radical (unpaired) electrons. The van der Waals surface area contributed by atoms with Crippen molar-refractivity contribution in [3.63, 3.8) is 0 Å². The number of hydrogen-bond acceptors (Lipinski definition) is 4. The highest BCUT2D eigenvalue weighted by Crippen LogP contribution is 2.55. The molecule has 1 atom stereocenters. The molecule has 1 aliphatic heterocycles. The number of nitrogens with zero attached hydrogens (tertiary/aromatic N) is 1. The van der Waals surface area contributed by atoms with Crippen LogP contribution < -0.4 is 0 Å². The van der Waals surface area contributed by atoms with Crippen LogP contribution in [0.3, 0.4) is 0 Å². The Kier molecular flexibility index (Phi) is 6.97. The molecule has 2 rings (SSSR count). The van der Waals surface area contributed by atoms with Crippen molar-refractivity contribution in [2.75, 3.05) is 19.8 Å². The molecular weight excluding hydrogens is 313 g/mol. The summed E-state index contributed by atoms with van der Waals surface area (Å²) in [5.41, 5.74) is 0.695. The third kappa shape index (κ3) is 4.74. The Labute approximate surface area is 138 Å². The van der Waals surface area contributed by atoms with Crippen LogP contribution in [0.4, 0.5) is 0 Å². The van der Waals surface area contributed by atoms with Gasteiger partial charge in [-0.15, -0.1) is 0 Å². The summed E-state index contributed by atoms with van der Waals surface area (Å²) in [7, 11) is -3.32. The topological polar surface area (TPSA) is 55.8 Å². The highest BCUT2D eigenvalue weighted by atomic mass is 31.2. The van der Waals surface area contributed by atoms with Crippen LogP contribution in [-0.4, -0.2) is 36.3 Å². The average molecular weight is 339 g/mol. The van der Waals surface area contributed by atoms with E-state index in [4.69, 9.17) is 9.05 Å². The molecule has 0 amide bonds. The molecular formula is C17H26NO4P. The number of ketones is 1. The minimum atomic E-state index is -3.32. The van der Waals surface area contributed by atoms with Crippen LogP contribution in [0, 0.1) is 0 Å². The molecule has 128 valence electrons. The average Bonchev–Trinajstić information content (AvgIpc) is 2.56. The molecule has 1 aliphatic rings. The molecule has 0 spiro atoms. The second kappa shape index (κ2) is 8.74. The lowest BCUT2D eigenvalue weighted by Gasteiger charge is -2.38. The minimum absolute atomic E-state index is 0.0713. The number of carbonyl (C=O) groups excluding carboxylic acids is 1. The lowest BCUT2D eigenvalue weighted by atomic mass is 9.97. The molecule has 1 fully saturated rings. The highest BCUT2D eigenvalue weighted by molar-refractivity contribution is 7.51. The van der Waals surface area contributed by atoms with Gasteiger partial charge in [0.05, 0.1) is 13.2 Å². The van der Waals surface area contributed by atoms with Gasteiger partial charge in [-0.05, 0) is 26.7 Å². The van der Waals surface area contributed by atoms with Crippen molar-refractivity contribution in [2.24, 2.45) is 0 Å². The van der Waals surface area contributed by atoms with Crippen molar-refractivity contribution >= 4 is 13.5 Å². The summed E-state index contributed by atoms with van der Waals surface area (Å²) in [6.07, 6.45) is 3.15. The Bertz CT molecular complexity index is 539. The fraction of sp³-hybridized carbons (Fsp3) is 0.588. The Balaban J connectivity index is 2.14. The van der Waals surface area contributed by atoms with Crippen LogP contribution >= 0.6 is 7.75 Å². The SMILES string of the molecule is CCOP(=O)(OCC)N1CCCCC1CC(=O)c1ccccc1. The number of Topliss-reactive ketones (excluding diaryl/α,β-unsaturated/α-hetero) is 1. The standard InChI is InChI=1S/C17H26NO4P/c1-3-21-23(20,22-4-2)18-13-9-8-12-16(18)14-17(19)15-10-6-5-7-11-15/h5-7,10-11,16H,3-4,8-9,12-14H2,1-2H3. The zero-order valence-corrected chi connectivity index (χ0v) is 14.8. The van der Waals surface area contributed by atoms with Gasteiger partial charge < -0.3 is 0 Å². The van der Waals surface area contributed by atoms with Crippen LogP contribution in [0.2, 0.25) is 0 Å². The van der Waals surface area contributed by atoms with Crippen LogP contribution in [-0.2, 0) is 13.6 Å². The number of hydrogen-bond donors (Lipinski definition) is 0. The third-order valence-corrected chi connectivity index (χ3v) is 6.34. The van der Waals surface area contributed by atoms with Gasteiger partial charge in [-0.3, -0.25) is 13.8 Å². The molecule has 6 heteroatoms. The normalized spacial score (nSPS) is 19.7. The van der Waals surface area contributed by atoms with Gasteiger partial charge in [0.25, 0.3) is 0 Å². The monoisotopic (exact) mass is 339 g/mol. The van der Waals surface area contributed by atoms with Crippen LogP contribution in [0.1, 0.15) is 49.9 Å². The smallest absolute Gasteiger partial charge is 0.297 e. The van der Waals surface area contributed by atoms with Gasteiger partial charge in [0.1, 0.15) is 0 Å². The number of piperidine rings is 1. The molecule has 1 heterocycles. The van der Waals surface area contributed by atoms with Gasteiger partial charge in [0.15, 0.2) is 5.78 Å². The van der Waals surface area contributed by atoms with E-state index in [1.807, 2.05) is 30.3 Å². The van der Waals surface area contributed by atoms with E-state index in [2.05, 4.69) is 0 Å². The van der Waals surface area contributed by atoms with Crippen molar-refractivity contribution in [2.45, 2.75) is 45.6 Å². The molecule has 0 saturated carbocycles. The molecule has 23 heavy (non-hydrogen) atoms. The van der Waals surface area contributed by atoms with Gasteiger partial charge >= 0.3 is 7.75 Å². The summed E-state index contributed by atoms with van der Waals surface area (Å²) in [6, 6.07) is 9.15. The zero-order valence-electron chi connectivity index (χ0n) is 13.9. The van der Waals surface area contributed by atoms with Gasteiger partial charge in [-0.2, -0.15) is 0 Å². The summed E-state index contributed by atoms with van der Waals surface area (Å²) >= 11 is 0. The Morgan fingerprint density at radius 2 is 1.83 bits per heavy atom. The van der Waals surface area contributed by atoms with Crippen LogP contribution in [0.5, 0.6) is 0 Å². The fourth-order valence-corrected chi connectivity index (χ4v) is 4.99. The largest absolute Gasteiger partial charge is 0.408 e. The summed E-state index contributed by atoms with van der Waals surface area (Å²) in [4.78, 5) is 12.5. The Hall–Kier alpha value is -1.00. The maximum Gasteiger partial charge on any atom is 0.408 e. The van der Waals surface area contributed by atoms with E-state index in [-0.39, 0.29) is 11.8 Å². The maximum absolute atomic E-state index is 13.1. The van der Waals surface area contributed by atoms with Gasteiger partial charge in [-0.25, -0.2) is 9.24 Å². The highest BCUT2D eigenvalue weighted by Gasteiger charge is 2.40. The lowest BCUT2D eigenvalue weighted by molar-refractivity contribution is 0.0896. The van der Waals surface area contributed by atoms with E-state index >= 15 is 0 Å². The summed E-state index contributed by atoms with van der Waals surface area (Å²) in [6.45, 7) is 4.91. The molecule has 1 unspecified atom stereocenters. The second-order valence-electron chi connectivity index (χ2n) is 5.61. The van der Waals surface area contributed by atoms with E-state index in [0.29, 0.717) is 31.7 Å². The first-order valence-corrected chi connectivity index (χ1v) is 9.84. The minimum Gasteiger partial charge on any atom is -0.297 e. The van der Waals surface area contributed by atoms with Crippen molar-refractivity contribution in [3.05, 3.63) is 35.9 Å². The van der Waals surface area contributed by atoms with Crippen molar-refractivity contribution in [3.8, 4) is 0 Å². The van der Waals surface area contributed by atoms with E-state index in [0.717, 1.165) is 19.3 Å². The van der Waals surface area contributed by atoms with Gasteiger partial charge in [0.2, 0.25) is 0 Å². The molecule has 0 aliphatic carbocycles. The summed E-state index contributed by atoms with van der Waals surface area (Å²) < 4.78 is 25.8. The maximum atomic E-state index is 13.1. The fourth-order valence-electron chi connectivity index (χ4n) is 2.98. The molecule has 1 aromatic rings. The Morgan fingerprint density at radius 3 is 2.43 bits per heavy atom. The molecule has 1 aromatic carbocycles. The van der Waals surface area contributed by atoms with E-state index in [9.17, 15) is 9.36 Å². The van der Waals surface area contributed by atoms with Crippen molar-refractivity contribution < 1.29 is 18.4 Å².